The van der Waals surface area contributed by atoms with E-state index >= 15 is 0 Å². The molecular weight excluding hydrogens is 268 g/mol. The van der Waals surface area contributed by atoms with E-state index in [1.54, 1.807) is 12.1 Å². The van der Waals surface area contributed by atoms with Gasteiger partial charge < -0.3 is 5.11 Å². The van der Waals surface area contributed by atoms with Crippen molar-refractivity contribution in [2.45, 2.75) is 58.8 Å². The van der Waals surface area contributed by atoms with Crippen LogP contribution in [0.4, 0.5) is 0 Å². The van der Waals surface area contributed by atoms with E-state index in [0.29, 0.717) is 17.6 Å². The third-order valence-electron chi connectivity index (χ3n) is 4.62. The second kappa shape index (κ2) is 6.16. The predicted octanol–water partition coefficient (Wildman–Crippen LogP) is 5.96. The summed E-state index contributed by atoms with van der Waals surface area (Å²) in [5.41, 5.74) is 5.28. The molecule has 0 saturated heterocycles. The molecule has 0 amide bonds. The molecule has 0 spiro atoms. The summed E-state index contributed by atoms with van der Waals surface area (Å²) in [4.78, 5) is 0. The van der Waals surface area contributed by atoms with Crippen LogP contribution in [0.5, 0.6) is 5.75 Å². The normalized spacial score (nSPS) is 12.2. The van der Waals surface area contributed by atoms with Crippen molar-refractivity contribution >= 4 is 0 Å². The minimum Gasteiger partial charge on any atom is -0.508 e. The average Bonchev–Trinajstić information content (AvgIpc) is 2.47. The molecule has 2 aromatic rings. The Morgan fingerprint density at radius 2 is 1.18 bits per heavy atom. The average molecular weight is 296 g/mol. The zero-order valence-corrected chi connectivity index (χ0v) is 14.6. The van der Waals surface area contributed by atoms with Gasteiger partial charge in [-0.2, -0.15) is 0 Å². The molecule has 0 aromatic heterocycles. The van der Waals surface area contributed by atoms with Crippen LogP contribution in [-0.2, 0) is 5.41 Å². The lowest BCUT2D eigenvalue weighted by Gasteiger charge is -2.28. The number of hydrogen-bond donors (Lipinski definition) is 1. The first kappa shape index (κ1) is 16.6. The molecule has 0 atom stereocenters. The van der Waals surface area contributed by atoms with Crippen LogP contribution >= 0.6 is 0 Å². The topological polar surface area (TPSA) is 20.2 Å². The van der Waals surface area contributed by atoms with Gasteiger partial charge in [0.2, 0.25) is 0 Å². The van der Waals surface area contributed by atoms with Gasteiger partial charge in [0.1, 0.15) is 5.75 Å². The van der Waals surface area contributed by atoms with Crippen LogP contribution in [0.25, 0.3) is 0 Å². The lowest BCUT2D eigenvalue weighted by atomic mass is 9.76. The Kier molecular flexibility index (Phi) is 4.65. The van der Waals surface area contributed by atoms with Crippen LogP contribution in [0.2, 0.25) is 0 Å². The highest BCUT2D eigenvalue weighted by molar-refractivity contribution is 5.44. The third kappa shape index (κ3) is 3.35. The summed E-state index contributed by atoms with van der Waals surface area (Å²) >= 11 is 0. The van der Waals surface area contributed by atoms with Gasteiger partial charge in [0.15, 0.2) is 0 Å². The molecule has 0 aliphatic carbocycles. The number of benzene rings is 2. The minimum atomic E-state index is -0.0811. The van der Waals surface area contributed by atoms with Crippen LogP contribution in [0.15, 0.2) is 42.5 Å². The number of phenols is 1. The highest BCUT2D eigenvalue weighted by Crippen LogP contribution is 2.35. The maximum Gasteiger partial charge on any atom is 0.115 e. The minimum absolute atomic E-state index is 0.0811. The third-order valence-corrected chi connectivity index (χ3v) is 4.62. The second-order valence-corrected chi connectivity index (χ2v) is 7.37. The quantitative estimate of drug-likeness (QED) is 0.737. The summed E-state index contributed by atoms with van der Waals surface area (Å²) in [5, 5.41) is 9.53. The summed E-state index contributed by atoms with van der Waals surface area (Å²) in [5.74, 6) is 1.36. The predicted molar refractivity (Wildman–Crippen MR) is 94.9 cm³/mol. The molecule has 0 aliphatic rings. The van der Waals surface area contributed by atoms with Crippen LogP contribution in [0.3, 0.4) is 0 Å². The number of phenolic OH excluding ortho intramolecular Hbond substituents is 1. The molecule has 2 rings (SSSR count). The summed E-state index contributed by atoms with van der Waals surface area (Å²) in [6.45, 7) is 13.5. The van der Waals surface area contributed by atoms with Crippen LogP contribution < -0.4 is 0 Å². The first-order chi connectivity index (χ1) is 10.2. The standard InChI is InChI=1S/C21H28O/c1-14(2)16-11-17(15(3)4)13-19(12-16)21(5,6)18-7-9-20(22)10-8-18/h7-15,22H,1-6H3. The van der Waals surface area contributed by atoms with Gasteiger partial charge >= 0.3 is 0 Å². The van der Waals surface area contributed by atoms with Crippen molar-refractivity contribution in [3.63, 3.8) is 0 Å². The lowest BCUT2D eigenvalue weighted by Crippen LogP contribution is -2.19. The Morgan fingerprint density at radius 1 is 0.727 bits per heavy atom. The van der Waals surface area contributed by atoms with Crippen molar-refractivity contribution in [3.05, 3.63) is 64.7 Å². The summed E-state index contributed by atoms with van der Waals surface area (Å²) in [6, 6.07) is 14.6. The molecule has 118 valence electrons. The lowest BCUT2D eigenvalue weighted by molar-refractivity contribution is 0.474. The Bertz CT molecular complexity index is 607. The fourth-order valence-corrected chi connectivity index (χ4v) is 2.75. The fraction of sp³-hybridized carbons (Fsp3) is 0.429. The number of aromatic hydroxyl groups is 1. The first-order valence-electron chi connectivity index (χ1n) is 8.16. The highest BCUT2D eigenvalue weighted by atomic mass is 16.3. The fourth-order valence-electron chi connectivity index (χ4n) is 2.75. The van der Waals surface area contributed by atoms with Gasteiger partial charge in [-0.25, -0.2) is 0 Å². The smallest absolute Gasteiger partial charge is 0.115 e. The van der Waals surface area contributed by atoms with Crippen molar-refractivity contribution in [3.8, 4) is 5.75 Å². The van der Waals surface area contributed by atoms with Gasteiger partial charge in [0.25, 0.3) is 0 Å². The van der Waals surface area contributed by atoms with E-state index in [-0.39, 0.29) is 5.41 Å². The molecule has 0 bridgehead atoms. The number of rotatable bonds is 4. The molecule has 22 heavy (non-hydrogen) atoms. The molecule has 0 heterocycles. The molecule has 0 unspecified atom stereocenters. The molecule has 0 fully saturated rings. The summed E-state index contributed by atoms with van der Waals surface area (Å²) < 4.78 is 0. The van der Waals surface area contributed by atoms with E-state index in [9.17, 15) is 5.11 Å². The van der Waals surface area contributed by atoms with Gasteiger partial charge in [-0.1, -0.05) is 71.9 Å². The molecule has 0 saturated carbocycles. The SMILES string of the molecule is CC(C)c1cc(C(C)C)cc(C(C)(C)c2ccc(O)cc2)c1. The van der Waals surface area contributed by atoms with Crippen molar-refractivity contribution in [1.82, 2.24) is 0 Å². The van der Waals surface area contributed by atoms with E-state index in [4.69, 9.17) is 0 Å². The zero-order chi connectivity index (χ0) is 16.5. The molecule has 1 N–H and O–H groups in total. The molecule has 2 aromatic carbocycles. The largest absolute Gasteiger partial charge is 0.508 e. The van der Waals surface area contributed by atoms with E-state index < -0.39 is 0 Å². The maximum atomic E-state index is 9.53. The second-order valence-electron chi connectivity index (χ2n) is 7.37. The Morgan fingerprint density at radius 3 is 1.59 bits per heavy atom. The van der Waals surface area contributed by atoms with E-state index in [1.807, 2.05) is 12.1 Å². The molecule has 0 radical (unpaired) electrons. The van der Waals surface area contributed by atoms with E-state index in [0.717, 1.165) is 0 Å². The Balaban J connectivity index is 2.56. The van der Waals surface area contributed by atoms with Crippen LogP contribution in [-0.4, -0.2) is 5.11 Å². The van der Waals surface area contributed by atoms with E-state index in [1.165, 1.54) is 22.3 Å². The van der Waals surface area contributed by atoms with Crippen molar-refractivity contribution in [2.75, 3.05) is 0 Å². The molecule has 1 heteroatoms. The summed E-state index contributed by atoms with van der Waals surface area (Å²) in [7, 11) is 0. The number of hydrogen-bond acceptors (Lipinski definition) is 1. The van der Waals surface area contributed by atoms with Gasteiger partial charge in [-0.3, -0.25) is 0 Å². The van der Waals surface area contributed by atoms with Gasteiger partial charge in [-0.15, -0.1) is 0 Å². The molecule has 1 nitrogen and oxygen atoms in total. The van der Waals surface area contributed by atoms with Crippen molar-refractivity contribution in [2.24, 2.45) is 0 Å². The van der Waals surface area contributed by atoms with Crippen molar-refractivity contribution < 1.29 is 5.11 Å². The summed E-state index contributed by atoms with van der Waals surface area (Å²) in [6.07, 6.45) is 0. The Labute approximate surface area is 135 Å². The molecular formula is C21H28O. The van der Waals surface area contributed by atoms with Crippen LogP contribution in [0, 0.1) is 0 Å². The van der Waals surface area contributed by atoms with Crippen LogP contribution in [0.1, 0.15) is 75.6 Å². The maximum absolute atomic E-state index is 9.53. The zero-order valence-electron chi connectivity index (χ0n) is 14.6. The highest BCUT2D eigenvalue weighted by Gasteiger charge is 2.24. The van der Waals surface area contributed by atoms with E-state index in [2.05, 4.69) is 59.7 Å². The first-order valence-corrected chi connectivity index (χ1v) is 8.16. The monoisotopic (exact) mass is 296 g/mol. The van der Waals surface area contributed by atoms with Gasteiger partial charge in [0.05, 0.1) is 0 Å². The Hall–Kier alpha value is -1.76. The van der Waals surface area contributed by atoms with Crippen molar-refractivity contribution in [1.29, 1.82) is 0 Å². The molecule has 0 aliphatic heterocycles. The van der Waals surface area contributed by atoms with Gasteiger partial charge in [0, 0.05) is 5.41 Å². The van der Waals surface area contributed by atoms with Gasteiger partial charge in [-0.05, 0) is 46.2 Å².